The van der Waals surface area contributed by atoms with Crippen molar-refractivity contribution in [2.24, 2.45) is 0 Å². The van der Waals surface area contributed by atoms with Crippen molar-refractivity contribution in [1.29, 1.82) is 0 Å². The van der Waals surface area contributed by atoms with Crippen molar-refractivity contribution in [3.63, 3.8) is 0 Å². The molecule has 0 radical (unpaired) electrons. The molecule has 0 amide bonds. The van der Waals surface area contributed by atoms with Gasteiger partial charge in [-0.05, 0) is 30.5 Å². The molecule has 1 aromatic carbocycles. The Morgan fingerprint density at radius 2 is 1.89 bits per heavy atom. The predicted octanol–water partition coefficient (Wildman–Crippen LogP) is 5.62. The minimum atomic E-state index is -4.63. The van der Waals surface area contributed by atoms with Gasteiger partial charge in [-0.15, -0.1) is 0 Å². The smallest absolute Gasteiger partial charge is 0.355 e. The van der Waals surface area contributed by atoms with Gasteiger partial charge in [-0.2, -0.15) is 18.3 Å². The van der Waals surface area contributed by atoms with Crippen LogP contribution in [0.5, 0.6) is 0 Å². The van der Waals surface area contributed by atoms with Gasteiger partial charge in [0.25, 0.3) is 0 Å². The van der Waals surface area contributed by atoms with E-state index < -0.39 is 11.9 Å². The number of fused-ring (bicyclic) bond motifs is 1. The molecule has 0 saturated heterocycles. The second kappa shape index (κ2) is 6.67. The molecular formula is C21H16F3N3O. The van der Waals surface area contributed by atoms with E-state index >= 15 is 0 Å². The molecule has 7 heteroatoms. The number of rotatable bonds is 3. The SMILES string of the molecule is C=CC=C1C(=C)CCc2c1noc2-c1cnn(-c2ccccc2)c1C(F)(F)F. The van der Waals surface area contributed by atoms with Gasteiger partial charge in [0.15, 0.2) is 11.5 Å². The average Bonchev–Trinajstić information content (AvgIpc) is 3.28. The Labute approximate surface area is 159 Å². The molecule has 0 aliphatic heterocycles. The van der Waals surface area contributed by atoms with Crippen LogP contribution in [0.4, 0.5) is 13.2 Å². The minimum Gasteiger partial charge on any atom is -0.355 e. The van der Waals surface area contributed by atoms with E-state index in [1.54, 1.807) is 42.5 Å². The summed E-state index contributed by atoms with van der Waals surface area (Å²) in [5.74, 6) is 0.0898. The maximum absolute atomic E-state index is 13.9. The zero-order valence-electron chi connectivity index (χ0n) is 14.8. The molecule has 0 saturated carbocycles. The maximum atomic E-state index is 13.9. The number of hydrogen-bond acceptors (Lipinski definition) is 3. The van der Waals surface area contributed by atoms with Gasteiger partial charge in [0.1, 0.15) is 5.69 Å². The van der Waals surface area contributed by atoms with Crippen LogP contribution in [0.1, 0.15) is 23.4 Å². The molecule has 4 rings (SSSR count). The molecule has 0 atom stereocenters. The number of nitrogens with zero attached hydrogens (tertiary/aromatic N) is 3. The Kier molecular flexibility index (Phi) is 4.30. The molecule has 0 unspecified atom stereocenters. The summed E-state index contributed by atoms with van der Waals surface area (Å²) < 4.78 is 48.1. The Balaban J connectivity index is 1.92. The molecule has 28 heavy (non-hydrogen) atoms. The highest BCUT2D eigenvalue weighted by Crippen LogP contribution is 2.43. The van der Waals surface area contributed by atoms with Crippen LogP contribution >= 0.6 is 0 Å². The van der Waals surface area contributed by atoms with Crippen LogP contribution in [0.25, 0.3) is 22.6 Å². The van der Waals surface area contributed by atoms with Crippen LogP contribution in [-0.4, -0.2) is 14.9 Å². The highest BCUT2D eigenvalue weighted by molar-refractivity contribution is 5.84. The third-order valence-electron chi connectivity index (χ3n) is 4.67. The van der Waals surface area contributed by atoms with Crippen LogP contribution in [-0.2, 0) is 12.6 Å². The van der Waals surface area contributed by atoms with Gasteiger partial charge >= 0.3 is 6.18 Å². The number of aromatic nitrogens is 3. The molecule has 0 spiro atoms. The van der Waals surface area contributed by atoms with E-state index in [0.717, 1.165) is 15.8 Å². The van der Waals surface area contributed by atoms with E-state index in [1.807, 2.05) is 0 Å². The van der Waals surface area contributed by atoms with E-state index in [9.17, 15) is 13.2 Å². The van der Waals surface area contributed by atoms with Gasteiger partial charge in [0.05, 0.1) is 17.4 Å². The first-order valence-electron chi connectivity index (χ1n) is 8.62. The fourth-order valence-electron chi connectivity index (χ4n) is 3.41. The number of allylic oxidation sites excluding steroid dienone is 4. The maximum Gasteiger partial charge on any atom is 0.434 e. The molecule has 3 aromatic rings. The van der Waals surface area contributed by atoms with Crippen LogP contribution in [0.15, 0.2) is 71.9 Å². The van der Waals surface area contributed by atoms with Crippen LogP contribution in [0.3, 0.4) is 0 Å². The van der Waals surface area contributed by atoms with Gasteiger partial charge in [0, 0.05) is 11.1 Å². The van der Waals surface area contributed by atoms with E-state index in [1.165, 1.54) is 6.20 Å². The lowest BCUT2D eigenvalue weighted by Crippen LogP contribution is -2.14. The summed E-state index contributed by atoms with van der Waals surface area (Å²) in [7, 11) is 0. The van der Waals surface area contributed by atoms with Gasteiger partial charge in [0.2, 0.25) is 0 Å². The second-order valence-corrected chi connectivity index (χ2v) is 6.41. The second-order valence-electron chi connectivity index (χ2n) is 6.41. The third kappa shape index (κ3) is 2.89. The molecule has 0 bridgehead atoms. The number of hydrogen-bond donors (Lipinski definition) is 0. The Bertz CT molecular complexity index is 1090. The molecule has 142 valence electrons. The first-order chi connectivity index (χ1) is 13.4. The summed E-state index contributed by atoms with van der Waals surface area (Å²) in [6.45, 7) is 7.67. The van der Waals surface area contributed by atoms with Crippen molar-refractivity contribution in [2.75, 3.05) is 0 Å². The lowest BCUT2D eigenvalue weighted by Gasteiger charge is -2.16. The quantitative estimate of drug-likeness (QED) is 0.590. The van der Waals surface area contributed by atoms with Gasteiger partial charge < -0.3 is 4.52 Å². The lowest BCUT2D eigenvalue weighted by molar-refractivity contribution is -0.142. The van der Waals surface area contributed by atoms with E-state index in [-0.39, 0.29) is 11.3 Å². The van der Waals surface area contributed by atoms with Crippen molar-refractivity contribution in [1.82, 2.24) is 14.9 Å². The number of halogens is 3. The molecule has 2 aromatic heterocycles. The molecule has 0 N–H and O–H groups in total. The molecule has 2 heterocycles. The predicted molar refractivity (Wildman–Crippen MR) is 99.7 cm³/mol. The molecule has 1 aliphatic rings. The fourth-order valence-corrected chi connectivity index (χ4v) is 3.41. The third-order valence-corrected chi connectivity index (χ3v) is 4.67. The van der Waals surface area contributed by atoms with E-state index in [0.29, 0.717) is 29.8 Å². The largest absolute Gasteiger partial charge is 0.434 e. The minimum absolute atomic E-state index is 0.0898. The monoisotopic (exact) mass is 383 g/mol. The van der Waals surface area contributed by atoms with Crippen molar-refractivity contribution < 1.29 is 17.7 Å². The average molecular weight is 383 g/mol. The van der Waals surface area contributed by atoms with Crippen molar-refractivity contribution in [2.45, 2.75) is 19.0 Å². The molecule has 0 fully saturated rings. The fraction of sp³-hybridized carbons (Fsp3) is 0.143. The Morgan fingerprint density at radius 1 is 1.14 bits per heavy atom. The molecule has 1 aliphatic carbocycles. The van der Waals surface area contributed by atoms with Crippen molar-refractivity contribution in [3.8, 4) is 17.0 Å². The normalized spacial score (nSPS) is 15.7. The van der Waals surface area contributed by atoms with E-state index in [4.69, 9.17) is 4.52 Å². The topological polar surface area (TPSA) is 43.9 Å². The van der Waals surface area contributed by atoms with Crippen LogP contribution < -0.4 is 0 Å². The highest BCUT2D eigenvalue weighted by atomic mass is 19.4. The zero-order valence-corrected chi connectivity index (χ0v) is 14.8. The van der Waals surface area contributed by atoms with Gasteiger partial charge in [-0.25, -0.2) is 4.68 Å². The zero-order chi connectivity index (χ0) is 19.9. The van der Waals surface area contributed by atoms with Crippen molar-refractivity contribution in [3.05, 3.63) is 84.4 Å². The lowest BCUT2D eigenvalue weighted by atomic mass is 9.87. The van der Waals surface area contributed by atoms with Crippen LogP contribution in [0.2, 0.25) is 0 Å². The van der Waals surface area contributed by atoms with Crippen molar-refractivity contribution >= 4 is 5.57 Å². The number of benzene rings is 1. The molecule has 4 nitrogen and oxygen atoms in total. The summed E-state index contributed by atoms with van der Waals surface area (Å²) in [6, 6.07) is 8.18. The summed E-state index contributed by atoms with van der Waals surface area (Å²) in [5.41, 5.74) is 2.01. The molecular weight excluding hydrogens is 367 g/mol. The standard InChI is InChI=1S/C21H16F3N3O/c1-3-7-15-13(2)10-11-16-18(15)26-28-19(16)17-12-25-27(20(17)21(22,23)24)14-8-5-4-6-9-14/h3-9,12H,1-2,10-11H2. The Morgan fingerprint density at radius 3 is 2.57 bits per heavy atom. The summed E-state index contributed by atoms with van der Waals surface area (Å²) in [5, 5.41) is 8.02. The summed E-state index contributed by atoms with van der Waals surface area (Å²) in [4.78, 5) is 0. The Hall–Kier alpha value is -3.35. The first-order valence-corrected chi connectivity index (χ1v) is 8.62. The van der Waals surface area contributed by atoms with Gasteiger partial charge in [-0.1, -0.05) is 48.7 Å². The number of para-hydroxylation sites is 1. The summed E-state index contributed by atoms with van der Waals surface area (Å²) >= 11 is 0. The number of alkyl halides is 3. The van der Waals surface area contributed by atoms with E-state index in [2.05, 4.69) is 23.4 Å². The van der Waals surface area contributed by atoms with Gasteiger partial charge in [-0.3, -0.25) is 0 Å². The highest BCUT2D eigenvalue weighted by Gasteiger charge is 2.41. The van der Waals surface area contributed by atoms with Crippen LogP contribution in [0, 0.1) is 0 Å². The first kappa shape index (κ1) is 18.0. The summed E-state index contributed by atoms with van der Waals surface area (Å²) in [6.07, 6.45) is 0.990.